The van der Waals surface area contributed by atoms with Gasteiger partial charge in [-0.3, -0.25) is 0 Å². The molecule has 20 heavy (non-hydrogen) atoms. The molecule has 0 aliphatic heterocycles. The van der Waals surface area contributed by atoms with Gasteiger partial charge in [0.25, 0.3) is 0 Å². The second-order valence-electron chi connectivity index (χ2n) is 5.20. The first-order valence-electron chi connectivity index (χ1n) is 7.23. The minimum absolute atomic E-state index is 0.00705. The van der Waals surface area contributed by atoms with Crippen molar-refractivity contribution < 1.29 is 8.42 Å². The Hall–Kier alpha value is -1.07. The first-order chi connectivity index (χ1) is 9.36. The zero-order valence-electron chi connectivity index (χ0n) is 12.9. The molecule has 0 aliphatic carbocycles. The highest BCUT2D eigenvalue weighted by Crippen LogP contribution is 2.26. The third kappa shape index (κ3) is 3.52. The second-order valence-corrected chi connectivity index (χ2v) is 7.06. The molecule has 1 atom stereocenters. The highest BCUT2D eigenvalue weighted by molar-refractivity contribution is 7.89. The Morgan fingerprint density at radius 2 is 1.95 bits per heavy atom. The van der Waals surface area contributed by atoms with Gasteiger partial charge in [0.1, 0.15) is 0 Å². The van der Waals surface area contributed by atoms with Crippen LogP contribution in [0.3, 0.4) is 0 Å². The van der Waals surface area contributed by atoms with Crippen LogP contribution in [0.15, 0.2) is 23.1 Å². The van der Waals surface area contributed by atoms with Crippen LogP contribution in [0.4, 0.5) is 5.69 Å². The minimum atomic E-state index is -3.48. The number of nitrogens with two attached hydrogens (primary N) is 1. The maximum atomic E-state index is 12.9. The monoisotopic (exact) mass is 298 g/mol. The quantitative estimate of drug-likeness (QED) is 0.786. The molecule has 1 rings (SSSR count). The van der Waals surface area contributed by atoms with Gasteiger partial charge >= 0.3 is 0 Å². The van der Waals surface area contributed by atoms with Gasteiger partial charge in [-0.05, 0) is 44.4 Å². The summed E-state index contributed by atoms with van der Waals surface area (Å²) in [6.07, 6.45) is 2.63. The normalized spacial score (nSPS) is 13.7. The van der Waals surface area contributed by atoms with Crippen LogP contribution in [-0.4, -0.2) is 25.3 Å². The zero-order chi connectivity index (χ0) is 15.3. The maximum absolute atomic E-state index is 12.9. The van der Waals surface area contributed by atoms with Crippen molar-refractivity contribution in [1.82, 2.24) is 4.31 Å². The molecule has 0 bridgehead atoms. The standard InChI is InChI=1S/C15H26N2O2S/c1-5-7-11-17(12(3)6-2)20(18,19)15-10-8-9-14(16)13(15)4/h8-10,12H,5-7,11,16H2,1-4H3. The Kier molecular flexibility index (Phi) is 6.02. The van der Waals surface area contributed by atoms with E-state index in [2.05, 4.69) is 6.92 Å². The van der Waals surface area contributed by atoms with Crippen molar-refractivity contribution in [2.75, 3.05) is 12.3 Å². The van der Waals surface area contributed by atoms with Gasteiger partial charge in [-0.2, -0.15) is 4.31 Å². The number of hydrogen-bond donors (Lipinski definition) is 1. The average Bonchev–Trinajstić information content (AvgIpc) is 2.41. The molecule has 1 aromatic rings. The van der Waals surface area contributed by atoms with Gasteiger partial charge in [-0.25, -0.2) is 8.42 Å². The Balaban J connectivity index is 3.25. The molecule has 114 valence electrons. The lowest BCUT2D eigenvalue weighted by atomic mass is 10.2. The van der Waals surface area contributed by atoms with E-state index in [1.807, 2.05) is 13.8 Å². The molecule has 0 saturated heterocycles. The molecule has 0 heterocycles. The second kappa shape index (κ2) is 7.09. The van der Waals surface area contributed by atoms with E-state index < -0.39 is 10.0 Å². The first-order valence-corrected chi connectivity index (χ1v) is 8.67. The molecular weight excluding hydrogens is 272 g/mol. The number of nitrogens with zero attached hydrogens (tertiary/aromatic N) is 1. The lowest BCUT2D eigenvalue weighted by molar-refractivity contribution is 0.324. The van der Waals surface area contributed by atoms with E-state index in [9.17, 15) is 8.42 Å². The van der Waals surface area contributed by atoms with Crippen LogP contribution in [0.2, 0.25) is 0 Å². The number of unbranched alkanes of at least 4 members (excludes halogenated alkanes) is 1. The largest absolute Gasteiger partial charge is 0.398 e. The Labute approximate surface area is 123 Å². The summed E-state index contributed by atoms with van der Waals surface area (Å²) in [7, 11) is -3.48. The highest BCUT2D eigenvalue weighted by Gasteiger charge is 2.29. The van der Waals surface area contributed by atoms with Crippen LogP contribution >= 0.6 is 0 Å². The number of anilines is 1. The van der Waals surface area contributed by atoms with Crippen LogP contribution in [0.25, 0.3) is 0 Å². The van der Waals surface area contributed by atoms with Gasteiger partial charge in [0.05, 0.1) is 4.90 Å². The SMILES string of the molecule is CCCCN(C(C)CC)S(=O)(=O)c1cccc(N)c1C. The highest BCUT2D eigenvalue weighted by atomic mass is 32.2. The topological polar surface area (TPSA) is 63.4 Å². The summed E-state index contributed by atoms with van der Waals surface area (Å²) in [6, 6.07) is 5.06. The summed E-state index contributed by atoms with van der Waals surface area (Å²) in [6.45, 7) is 8.34. The van der Waals surface area contributed by atoms with Crippen molar-refractivity contribution in [1.29, 1.82) is 0 Å². The van der Waals surface area contributed by atoms with Gasteiger partial charge in [-0.15, -0.1) is 0 Å². The fourth-order valence-electron chi connectivity index (χ4n) is 2.13. The minimum Gasteiger partial charge on any atom is -0.398 e. The van der Waals surface area contributed by atoms with E-state index >= 15 is 0 Å². The van der Waals surface area contributed by atoms with Crippen molar-refractivity contribution in [2.45, 2.75) is 57.9 Å². The van der Waals surface area contributed by atoms with E-state index in [-0.39, 0.29) is 6.04 Å². The van der Waals surface area contributed by atoms with E-state index in [0.29, 0.717) is 22.7 Å². The van der Waals surface area contributed by atoms with Gasteiger partial charge in [0, 0.05) is 18.3 Å². The molecule has 5 heteroatoms. The molecule has 2 N–H and O–H groups in total. The van der Waals surface area contributed by atoms with Crippen LogP contribution in [0.5, 0.6) is 0 Å². The van der Waals surface area contributed by atoms with E-state index in [4.69, 9.17) is 5.73 Å². The first kappa shape index (κ1) is 17.0. The van der Waals surface area contributed by atoms with Crippen LogP contribution in [0, 0.1) is 6.92 Å². The zero-order valence-corrected chi connectivity index (χ0v) is 13.7. The third-order valence-electron chi connectivity index (χ3n) is 3.73. The molecule has 0 saturated carbocycles. The molecule has 0 aliphatic rings. The number of nitrogen functional groups attached to an aromatic ring is 1. The molecule has 1 unspecified atom stereocenters. The molecule has 0 spiro atoms. The predicted octanol–water partition coefficient (Wildman–Crippen LogP) is 3.17. The smallest absolute Gasteiger partial charge is 0.243 e. The Morgan fingerprint density at radius 3 is 2.50 bits per heavy atom. The molecule has 0 amide bonds. The van der Waals surface area contributed by atoms with E-state index in [0.717, 1.165) is 19.3 Å². The number of sulfonamides is 1. The molecule has 0 radical (unpaired) electrons. The fraction of sp³-hybridized carbons (Fsp3) is 0.600. The number of rotatable bonds is 7. The van der Waals surface area contributed by atoms with Crippen molar-refractivity contribution >= 4 is 15.7 Å². The maximum Gasteiger partial charge on any atom is 0.243 e. The Bertz CT molecular complexity index is 541. The number of hydrogen-bond acceptors (Lipinski definition) is 3. The fourth-order valence-corrected chi connectivity index (χ4v) is 4.13. The predicted molar refractivity (Wildman–Crippen MR) is 84.1 cm³/mol. The van der Waals surface area contributed by atoms with Crippen LogP contribution in [-0.2, 0) is 10.0 Å². The molecule has 1 aromatic carbocycles. The average molecular weight is 298 g/mol. The molecule has 0 aromatic heterocycles. The lowest BCUT2D eigenvalue weighted by Gasteiger charge is -2.28. The summed E-state index contributed by atoms with van der Waals surface area (Å²) < 4.78 is 27.4. The van der Waals surface area contributed by atoms with Crippen molar-refractivity contribution in [3.05, 3.63) is 23.8 Å². The summed E-state index contributed by atoms with van der Waals surface area (Å²) >= 11 is 0. The lowest BCUT2D eigenvalue weighted by Crippen LogP contribution is -2.39. The van der Waals surface area contributed by atoms with Gasteiger partial charge < -0.3 is 5.73 Å². The molecular formula is C15H26N2O2S. The van der Waals surface area contributed by atoms with Crippen molar-refractivity contribution in [3.8, 4) is 0 Å². The van der Waals surface area contributed by atoms with E-state index in [1.54, 1.807) is 29.4 Å². The van der Waals surface area contributed by atoms with Gasteiger partial charge in [0.2, 0.25) is 10.0 Å². The van der Waals surface area contributed by atoms with E-state index in [1.165, 1.54) is 0 Å². The van der Waals surface area contributed by atoms with Gasteiger partial charge in [0.15, 0.2) is 0 Å². The Morgan fingerprint density at radius 1 is 1.30 bits per heavy atom. The molecule has 4 nitrogen and oxygen atoms in total. The summed E-state index contributed by atoms with van der Waals surface area (Å²) in [5.41, 5.74) is 7.00. The van der Waals surface area contributed by atoms with Crippen molar-refractivity contribution in [3.63, 3.8) is 0 Å². The third-order valence-corrected chi connectivity index (χ3v) is 5.89. The molecule has 0 fully saturated rings. The van der Waals surface area contributed by atoms with Crippen molar-refractivity contribution in [2.24, 2.45) is 0 Å². The summed E-state index contributed by atoms with van der Waals surface area (Å²) in [5, 5.41) is 0. The summed E-state index contributed by atoms with van der Waals surface area (Å²) in [5.74, 6) is 0. The van der Waals surface area contributed by atoms with Crippen LogP contribution in [0.1, 0.15) is 45.6 Å². The van der Waals surface area contributed by atoms with Gasteiger partial charge in [-0.1, -0.05) is 26.3 Å². The van der Waals surface area contributed by atoms with Crippen LogP contribution < -0.4 is 5.73 Å². The number of benzene rings is 1. The summed E-state index contributed by atoms with van der Waals surface area (Å²) in [4.78, 5) is 0.328.